The van der Waals surface area contributed by atoms with Crippen molar-refractivity contribution in [2.24, 2.45) is 0 Å². The lowest BCUT2D eigenvalue weighted by Gasteiger charge is -2.06. The number of halogens is 5. The van der Waals surface area contributed by atoms with Gasteiger partial charge in [-0.25, -0.2) is 13.2 Å². The predicted octanol–water partition coefficient (Wildman–Crippen LogP) is 5.08. The zero-order valence-electron chi connectivity index (χ0n) is 8.28. The average molecular weight is 277 g/mol. The van der Waals surface area contributed by atoms with Crippen LogP contribution in [0.1, 0.15) is 0 Å². The smallest absolute Gasteiger partial charge is 0.136 e. The van der Waals surface area contributed by atoms with Crippen LogP contribution in [0.25, 0.3) is 11.1 Å². The van der Waals surface area contributed by atoms with Crippen molar-refractivity contribution in [1.29, 1.82) is 0 Å². The van der Waals surface area contributed by atoms with Crippen molar-refractivity contribution in [3.05, 3.63) is 57.8 Å². The van der Waals surface area contributed by atoms with Gasteiger partial charge in [0.2, 0.25) is 0 Å². The molecule has 0 amide bonds. The van der Waals surface area contributed by atoms with E-state index in [0.29, 0.717) is 12.1 Å². The van der Waals surface area contributed by atoms with E-state index >= 15 is 0 Å². The van der Waals surface area contributed by atoms with Gasteiger partial charge in [0.25, 0.3) is 0 Å². The maximum absolute atomic E-state index is 13.5. The Kier molecular flexibility index (Phi) is 3.31. The summed E-state index contributed by atoms with van der Waals surface area (Å²) in [5.74, 6) is -2.97. The van der Waals surface area contributed by atoms with Crippen LogP contribution in [0, 0.1) is 17.5 Å². The largest absolute Gasteiger partial charge is 0.207 e. The first kappa shape index (κ1) is 12.3. The van der Waals surface area contributed by atoms with E-state index in [-0.39, 0.29) is 21.2 Å². The fraction of sp³-hybridized carbons (Fsp3) is 0. The van der Waals surface area contributed by atoms with Crippen LogP contribution in [0.15, 0.2) is 30.3 Å². The van der Waals surface area contributed by atoms with Gasteiger partial charge in [-0.2, -0.15) is 0 Å². The van der Waals surface area contributed by atoms with Crippen LogP contribution in [0.5, 0.6) is 0 Å². The molecule has 0 N–H and O–H groups in total. The molecule has 2 aromatic carbocycles. The SMILES string of the molecule is Fc1cc(F)c(-c2cc(Cl)cc(Cl)c2)c(F)c1. The summed E-state index contributed by atoms with van der Waals surface area (Å²) in [5.41, 5.74) is -0.187. The van der Waals surface area contributed by atoms with Crippen LogP contribution < -0.4 is 0 Å². The molecule has 0 unspecified atom stereocenters. The molecule has 5 heteroatoms. The molecule has 0 aliphatic rings. The van der Waals surface area contributed by atoms with Gasteiger partial charge in [0.1, 0.15) is 17.5 Å². The van der Waals surface area contributed by atoms with Crippen LogP contribution in [-0.2, 0) is 0 Å². The molecule has 0 spiro atoms. The maximum Gasteiger partial charge on any atom is 0.136 e. The highest BCUT2D eigenvalue weighted by Gasteiger charge is 2.14. The summed E-state index contributed by atoms with van der Waals surface area (Å²) in [7, 11) is 0. The Balaban J connectivity index is 2.68. The molecular weight excluding hydrogens is 272 g/mol. The summed E-state index contributed by atoms with van der Waals surface area (Å²) in [6, 6.07) is 5.35. The number of hydrogen-bond acceptors (Lipinski definition) is 0. The van der Waals surface area contributed by atoms with Crippen molar-refractivity contribution < 1.29 is 13.2 Å². The Hall–Kier alpha value is -1.19. The van der Waals surface area contributed by atoms with E-state index in [2.05, 4.69) is 0 Å². The van der Waals surface area contributed by atoms with Gasteiger partial charge in [0.05, 0.1) is 5.56 Å². The van der Waals surface area contributed by atoms with Gasteiger partial charge >= 0.3 is 0 Å². The Morgan fingerprint density at radius 2 is 1.18 bits per heavy atom. The first-order chi connectivity index (χ1) is 7.97. The molecule has 0 aliphatic heterocycles. The standard InChI is InChI=1S/C12H5Cl2F3/c13-7-1-6(2-8(14)3-7)12-10(16)4-9(15)5-11(12)17/h1-5H. The van der Waals surface area contributed by atoms with Gasteiger partial charge in [-0.3, -0.25) is 0 Å². The molecule has 0 aromatic heterocycles. The van der Waals surface area contributed by atoms with Gasteiger partial charge in [0, 0.05) is 22.2 Å². The van der Waals surface area contributed by atoms with Crippen molar-refractivity contribution >= 4 is 23.2 Å². The van der Waals surface area contributed by atoms with Crippen LogP contribution in [0.3, 0.4) is 0 Å². The van der Waals surface area contributed by atoms with E-state index in [1.165, 1.54) is 18.2 Å². The molecular formula is C12H5Cl2F3. The highest BCUT2D eigenvalue weighted by atomic mass is 35.5. The van der Waals surface area contributed by atoms with E-state index in [1.54, 1.807) is 0 Å². The quantitative estimate of drug-likeness (QED) is 0.682. The fourth-order valence-electron chi connectivity index (χ4n) is 1.52. The molecule has 88 valence electrons. The second-order valence-corrected chi connectivity index (χ2v) is 4.28. The molecule has 0 radical (unpaired) electrons. The number of hydrogen-bond donors (Lipinski definition) is 0. The summed E-state index contributed by atoms with van der Waals surface area (Å²) < 4.78 is 39.7. The van der Waals surface area contributed by atoms with Crippen molar-refractivity contribution in [1.82, 2.24) is 0 Å². The molecule has 0 bridgehead atoms. The van der Waals surface area contributed by atoms with Crippen molar-refractivity contribution in [3.63, 3.8) is 0 Å². The monoisotopic (exact) mass is 276 g/mol. The second kappa shape index (κ2) is 4.59. The third kappa shape index (κ3) is 2.56. The van der Waals surface area contributed by atoms with Crippen molar-refractivity contribution in [3.8, 4) is 11.1 Å². The van der Waals surface area contributed by atoms with Crippen LogP contribution in [0.4, 0.5) is 13.2 Å². The number of rotatable bonds is 1. The van der Waals surface area contributed by atoms with Gasteiger partial charge in [-0.05, 0) is 23.8 Å². The minimum Gasteiger partial charge on any atom is -0.207 e. The van der Waals surface area contributed by atoms with Crippen molar-refractivity contribution in [2.75, 3.05) is 0 Å². The topological polar surface area (TPSA) is 0 Å². The third-order valence-electron chi connectivity index (χ3n) is 2.16. The van der Waals surface area contributed by atoms with Gasteiger partial charge in [-0.15, -0.1) is 0 Å². The molecule has 0 saturated carbocycles. The molecule has 0 saturated heterocycles. The maximum atomic E-state index is 13.5. The highest BCUT2D eigenvalue weighted by molar-refractivity contribution is 6.35. The minimum absolute atomic E-state index is 0.164. The molecule has 2 aromatic rings. The number of benzene rings is 2. The van der Waals surface area contributed by atoms with Crippen LogP contribution in [0.2, 0.25) is 10.0 Å². The summed E-state index contributed by atoms with van der Waals surface area (Å²) in [5, 5.41) is 0.492. The Morgan fingerprint density at radius 1 is 0.706 bits per heavy atom. The summed E-state index contributed by atoms with van der Waals surface area (Å²) >= 11 is 11.5. The lowest BCUT2D eigenvalue weighted by atomic mass is 10.0. The zero-order valence-corrected chi connectivity index (χ0v) is 9.79. The molecule has 17 heavy (non-hydrogen) atoms. The average Bonchev–Trinajstić information content (AvgIpc) is 2.13. The molecule has 0 aliphatic carbocycles. The summed E-state index contributed by atoms with van der Waals surface area (Å²) in [6.45, 7) is 0. The minimum atomic E-state index is -0.999. The fourth-order valence-corrected chi connectivity index (χ4v) is 2.04. The van der Waals surface area contributed by atoms with E-state index in [9.17, 15) is 13.2 Å². The molecule has 2 rings (SSSR count). The molecule has 0 heterocycles. The summed E-state index contributed by atoms with van der Waals surface area (Å²) in [6.07, 6.45) is 0. The lowest BCUT2D eigenvalue weighted by Crippen LogP contribution is -1.92. The molecule has 0 fully saturated rings. The van der Waals surface area contributed by atoms with E-state index < -0.39 is 17.5 Å². The Morgan fingerprint density at radius 3 is 1.65 bits per heavy atom. The highest BCUT2D eigenvalue weighted by Crippen LogP contribution is 2.31. The van der Waals surface area contributed by atoms with Gasteiger partial charge in [0.15, 0.2) is 0 Å². The van der Waals surface area contributed by atoms with E-state index in [1.807, 2.05) is 0 Å². The van der Waals surface area contributed by atoms with Crippen LogP contribution >= 0.6 is 23.2 Å². The molecule has 0 atom stereocenters. The first-order valence-corrected chi connectivity index (χ1v) is 5.34. The first-order valence-electron chi connectivity index (χ1n) is 4.58. The normalized spacial score (nSPS) is 10.6. The van der Waals surface area contributed by atoms with E-state index in [0.717, 1.165) is 0 Å². The second-order valence-electron chi connectivity index (χ2n) is 3.40. The third-order valence-corrected chi connectivity index (χ3v) is 2.59. The molecule has 0 nitrogen and oxygen atoms in total. The Labute approximate surface area is 106 Å². The van der Waals surface area contributed by atoms with Crippen molar-refractivity contribution in [2.45, 2.75) is 0 Å². The van der Waals surface area contributed by atoms with Crippen LogP contribution in [-0.4, -0.2) is 0 Å². The zero-order chi connectivity index (χ0) is 12.6. The predicted molar refractivity (Wildman–Crippen MR) is 61.8 cm³/mol. The van der Waals surface area contributed by atoms with Gasteiger partial charge in [-0.1, -0.05) is 23.2 Å². The lowest BCUT2D eigenvalue weighted by molar-refractivity contribution is 0.548. The van der Waals surface area contributed by atoms with Gasteiger partial charge < -0.3 is 0 Å². The summed E-state index contributed by atoms with van der Waals surface area (Å²) in [4.78, 5) is 0. The Bertz CT molecular complexity index is 539. The van der Waals surface area contributed by atoms with E-state index in [4.69, 9.17) is 23.2 Å².